The van der Waals surface area contributed by atoms with E-state index in [1.54, 1.807) is 0 Å². The Labute approximate surface area is 331 Å². The molecular weight excluding hydrogens is 697 g/mol. The van der Waals surface area contributed by atoms with Crippen LogP contribution in [0.5, 0.6) is 0 Å². The van der Waals surface area contributed by atoms with Crippen molar-refractivity contribution in [2.24, 2.45) is 0 Å². The third-order valence-corrected chi connectivity index (χ3v) is 13.8. The Balaban J connectivity index is 1.22. The van der Waals surface area contributed by atoms with E-state index >= 15 is 0 Å². The zero-order valence-electron chi connectivity index (χ0n) is 34.5. The highest BCUT2D eigenvalue weighted by atomic mass is 32.2. The van der Waals surface area contributed by atoms with E-state index in [4.69, 9.17) is 9.47 Å². The van der Waals surface area contributed by atoms with Crippen LogP contribution in [0.15, 0.2) is 129 Å². The normalized spacial score (nSPS) is 20.0. The van der Waals surface area contributed by atoms with Crippen LogP contribution in [0.3, 0.4) is 0 Å². The van der Waals surface area contributed by atoms with E-state index in [2.05, 4.69) is 104 Å². The van der Waals surface area contributed by atoms with Crippen LogP contribution in [-0.4, -0.2) is 31.8 Å². The van der Waals surface area contributed by atoms with Crippen molar-refractivity contribution in [3.8, 4) is 0 Å². The number of rotatable bonds is 18. The number of fused-ring (bicyclic) bond motifs is 2. The molecule has 2 saturated heterocycles. The summed E-state index contributed by atoms with van der Waals surface area (Å²) in [6, 6.07) is 23.9. The third kappa shape index (κ3) is 10.4. The number of allylic oxidation sites excluding steroid dienone is 8. The Morgan fingerprint density at radius 1 is 0.545 bits per heavy atom. The maximum Gasteiger partial charge on any atom is 0.207 e. The molecule has 4 nitrogen and oxygen atoms in total. The Morgan fingerprint density at radius 3 is 1.29 bits per heavy atom. The van der Waals surface area contributed by atoms with E-state index in [0.29, 0.717) is 34.8 Å². The van der Waals surface area contributed by atoms with Crippen LogP contribution in [0.4, 0.5) is 0 Å². The lowest BCUT2D eigenvalue weighted by atomic mass is 9.99. The van der Waals surface area contributed by atoms with E-state index in [1.807, 2.05) is 48.5 Å². The van der Waals surface area contributed by atoms with Gasteiger partial charge in [0.15, 0.2) is 0 Å². The molecule has 0 N–H and O–H groups in total. The van der Waals surface area contributed by atoms with E-state index in [0.717, 1.165) is 84.0 Å². The fourth-order valence-corrected chi connectivity index (χ4v) is 9.69. The van der Waals surface area contributed by atoms with Crippen LogP contribution in [0, 0.1) is 0 Å². The van der Waals surface area contributed by atoms with Crippen LogP contribution in [-0.2, 0) is 32.2 Å². The summed E-state index contributed by atoms with van der Waals surface area (Å²) in [4.78, 5) is 0.795. The predicted molar refractivity (Wildman–Crippen MR) is 231 cm³/mol. The Bertz CT molecular complexity index is 2090. The standard InChI is InChI=1S/C50H62O4S/c1-35(15-13-17-37(3)25-33-47-49(5,6)53-47)23-29-43-41-21-11-9-19-39(41)27-31-45(43)55(51,52)46-32-28-40-20-10-12-22-42(40)44(46)30-24-36(2)16-14-18-38(4)26-34-48-50(7,8)54-48/h9-12,17-24,27-28,31-32,47-48H,13-16,25-26,29-30,33-34H2,1-8H3. The zero-order valence-corrected chi connectivity index (χ0v) is 35.3. The van der Waals surface area contributed by atoms with E-state index in [9.17, 15) is 8.42 Å². The highest BCUT2D eigenvalue weighted by molar-refractivity contribution is 7.91. The number of ether oxygens (including phenoxy) is 2. The average Bonchev–Trinajstić information content (AvgIpc) is 4.00. The monoisotopic (exact) mass is 758 g/mol. The van der Waals surface area contributed by atoms with Gasteiger partial charge in [0.05, 0.1) is 33.2 Å². The van der Waals surface area contributed by atoms with E-state index < -0.39 is 9.84 Å². The van der Waals surface area contributed by atoms with Crippen molar-refractivity contribution in [2.45, 2.75) is 153 Å². The summed E-state index contributed by atoms with van der Waals surface area (Å²) >= 11 is 0. The molecule has 2 aliphatic rings. The minimum absolute atomic E-state index is 0.0417. The van der Waals surface area contributed by atoms with E-state index in [-0.39, 0.29) is 11.2 Å². The number of sulfone groups is 1. The van der Waals surface area contributed by atoms with Crippen LogP contribution in [0.25, 0.3) is 21.5 Å². The molecule has 0 amide bonds. The number of benzene rings is 4. The lowest BCUT2D eigenvalue weighted by molar-refractivity contribution is 0.319. The predicted octanol–water partition coefficient (Wildman–Crippen LogP) is 13.2. The second-order valence-electron chi connectivity index (χ2n) is 17.2. The molecule has 2 unspecified atom stereocenters. The molecule has 4 aromatic carbocycles. The smallest absolute Gasteiger partial charge is 0.207 e. The lowest BCUT2D eigenvalue weighted by Gasteiger charge is -2.17. The minimum atomic E-state index is -3.87. The summed E-state index contributed by atoms with van der Waals surface area (Å²) in [5.41, 5.74) is 7.16. The van der Waals surface area contributed by atoms with Gasteiger partial charge in [-0.25, -0.2) is 8.42 Å². The van der Waals surface area contributed by atoms with Gasteiger partial charge in [0.1, 0.15) is 0 Å². The molecule has 2 heterocycles. The van der Waals surface area contributed by atoms with Crippen molar-refractivity contribution in [3.05, 3.63) is 131 Å². The second-order valence-corrected chi connectivity index (χ2v) is 19.1. The molecule has 0 bridgehead atoms. The SMILES string of the molecule is CC(=CCc1c(S(=O)(=O)c2ccc3ccccc3c2CC=C(C)CCC=C(C)CCC2OC2(C)C)ccc2ccccc12)CCC=C(C)CCC1OC1(C)C. The quantitative estimate of drug-likeness (QED) is 0.0749. The van der Waals surface area contributed by atoms with Crippen molar-refractivity contribution in [2.75, 3.05) is 0 Å². The molecule has 2 fully saturated rings. The molecule has 0 spiro atoms. The van der Waals surface area contributed by atoms with Gasteiger partial charge in [0, 0.05) is 0 Å². The van der Waals surface area contributed by atoms with Crippen molar-refractivity contribution in [3.63, 3.8) is 0 Å². The number of epoxide rings is 2. The van der Waals surface area contributed by atoms with Crippen molar-refractivity contribution in [1.82, 2.24) is 0 Å². The highest BCUT2D eigenvalue weighted by Gasteiger charge is 2.47. The Kier molecular flexibility index (Phi) is 12.8. The van der Waals surface area contributed by atoms with Gasteiger partial charge >= 0.3 is 0 Å². The minimum Gasteiger partial charge on any atom is -0.367 e. The second kappa shape index (κ2) is 17.2. The maximum absolute atomic E-state index is 15.0. The summed E-state index contributed by atoms with van der Waals surface area (Å²) in [6.07, 6.45) is 19.1. The lowest BCUT2D eigenvalue weighted by Crippen LogP contribution is -2.09. The fourth-order valence-electron chi connectivity index (χ4n) is 7.92. The Hall–Kier alpha value is -3.77. The summed E-state index contributed by atoms with van der Waals surface area (Å²) in [7, 11) is -3.87. The molecule has 2 atom stereocenters. The molecule has 0 saturated carbocycles. The van der Waals surface area contributed by atoms with Crippen LogP contribution >= 0.6 is 0 Å². The fraction of sp³-hybridized carbons (Fsp3) is 0.440. The maximum atomic E-state index is 15.0. The van der Waals surface area contributed by atoms with Crippen molar-refractivity contribution >= 4 is 31.4 Å². The molecule has 0 aromatic heterocycles. The van der Waals surface area contributed by atoms with Gasteiger partial charge in [0.25, 0.3) is 0 Å². The van der Waals surface area contributed by atoms with Crippen molar-refractivity contribution in [1.29, 1.82) is 0 Å². The topological polar surface area (TPSA) is 59.2 Å². The van der Waals surface area contributed by atoms with Crippen LogP contribution < -0.4 is 0 Å². The first kappa shape index (κ1) is 40.9. The number of hydrogen-bond acceptors (Lipinski definition) is 4. The zero-order chi connectivity index (χ0) is 39.4. The van der Waals surface area contributed by atoms with Gasteiger partial charge in [-0.3, -0.25) is 0 Å². The molecule has 4 aromatic rings. The van der Waals surface area contributed by atoms with Gasteiger partial charge in [-0.2, -0.15) is 0 Å². The molecule has 0 radical (unpaired) electrons. The van der Waals surface area contributed by atoms with Gasteiger partial charge < -0.3 is 9.47 Å². The molecule has 292 valence electrons. The first-order chi connectivity index (χ1) is 26.2. The van der Waals surface area contributed by atoms with Gasteiger partial charge in [-0.05, 0) is 164 Å². The van der Waals surface area contributed by atoms with E-state index in [1.165, 1.54) is 22.3 Å². The summed E-state index contributed by atoms with van der Waals surface area (Å²) in [5, 5.41) is 4.08. The summed E-state index contributed by atoms with van der Waals surface area (Å²) in [5.74, 6) is 0. The molecule has 0 aliphatic carbocycles. The molecule has 5 heteroatoms. The van der Waals surface area contributed by atoms with Gasteiger partial charge in [-0.15, -0.1) is 0 Å². The third-order valence-electron chi connectivity index (χ3n) is 11.9. The first-order valence-electron chi connectivity index (χ1n) is 20.4. The molecule has 2 aliphatic heterocycles. The highest BCUT2D eigenvalue weighted by Crippen LogP contribution is 2.40. The van der Waals surface area contributed by atoms with Crippen LogP contribution in [0.1, 0.15) is 118 Å². The molecule has 55 heavy (non-hydrogen) atoms. The van der Waals surface area contributed by atoms with Crippen LogP contribution in [0.2, 0.25) is 0 Å². The summed E-state index contributed by atoms with van der Waals surface area (Å²) in [6.45, 7) is 17.4. The molecule has 6 rings (SSSR count). The molecular formula is C50H62O4S. The van der Waals surface area contributed by atoms with Crippen molar-refractivity contribution < 1.29 is 17.9 Å². The Morgan fingerprint density at radius 2 is 0.909 bits per heavy atom. The van der Waals surface area contributed by atoms with Gasteiger partial charge in [-0.1, -0.05) is 107 Å². The largest absolute Gasteiger partial charge is 0.367 e. The van der Waals surface area contributed by atoms with Gasteiger partial charge in [0.2, 0.25) is 9.84 Å². The number of hydrogen-bond donors (Lipinski definition) is 0. The average molecular weight is 759 g/mol. The summed E-state index contributed by atoms with van der Waals surface area (Å²) < 4.78 is 41.5. The first-order valence-corrected chi connectivity index (χ1v) is 21.9.